The maximum atomic E-state index is 4.15. The van der Waals surface area contributed by atoms with Crippen molar-refractivity contribution < 1.29 is 0 Å². The lowest BCUT2D eigenvalue weighted by molar-refractivity contribution is 0.519. The van der Waals surface area contributed by atoms with E-state index in [-0.39, 0.29) is 5.41 Å². The van der Waals surface area contributed by atoms with Gasteiger partial charge in [-0.15, -0.1) is 0 Å². The Morgan fingerprint density at radius 3 is 2.26 bits per heavy atom. The summed E-state index contributed by atoms with van der Waals surface area (Å²) in [6.45, 7) is 17.1. The molecule has 0 aliphatic heterocycles. The molecule has 0 spiro atoms. The smallest absolute Gasteiger partial charge is 0.0138 e. The summed E-state index contributed by atoms with van der Waals surface area (Å²) in [6.07, 6.45) is 6.47. The van der Waals surface area contributed by atoms with Crippen molar-refractivity contribution >= 4 is 5.57 Å². The van der Waals surface area contributed by atoms with Gasteiger partial charge in [-0.3, -0.25) is 0 Å². The van der Waals surface area contributed by atoms with E-state index in [2.05, 4.69) is 84.5 Å². The first-order valence-corrected chi connectivity index (χ1v) is 6.87. The fraction of sp³-hybridized carbons (Fsp3) is 0.368. The highest BCUT2D eigenvalue weighted by Gasteiger charge is 2.12. The molecular formula is C19H26. The SMILES string of the molecule is C=C(/C=C\C(=C/C)c1cc(C)ccc1C)C(C)(C)C. The number of allylic oxidation sites excluding steroid dienone is 5. The second-order valence-corrected chi connectivity index (χ2v) is 6.17. The topological polar surface area (TPSA) is 0 Å². The van der Waals surface area contributed by atoms with Crippen LogP contribution in [0.3, 0.4) is 0 Å². The molecule has 102 valence electrons. The van der Waals surface area contributed by atoms with E-state index in [4.69, 9.17) is 0 Å². The van der Waals surface area contributed by atoms with E-state index >= 15 is 0 Å². The number of rotatable bonds is 3. The molecule has 0 aliphatic rings. The van der Waals surface area contributed by atoms with Crippen LogP contribution in [0, 0.1) is 19.3 Å². The Bertz CT molecular complexity index is 519. The van der Waals surface area contributed by atoms with Crippen LogP contribution in [0.15, 0.2) is 48.6 Å². The van der Waals surface area contributed by atoms with Gasteiger partial charge in [-0.1, -0.05) is 69.3 Å². The average Bonchev–Trinajstić information content (AvgIpc) is 2.32. The Morgan fingerprint density at radius 1 is 1.11 bits per heavy atom. The van der Waals surface area contributed by atoms with E-state index < -0.39 is 0 Å². The molecule has 0 heteroatoms. The van der Waals surface area contributed by atoms with E-state index in [9.17, 15) is 0 Å². The molecule has 0 unspecified atom stereocenters. The van der Waals surface area contributed by atoms with Crippen LogP contribution >= 0.6 is 0 Å². The Morgan fingerprint density at radius 2 is 1.74 bits per heavy atom. The lowest BCUT2D eigenvalue weighted by Crippen LogP contribution is -2.05. The zero-order chi connectivity index (χ0) is 14.6. The first-order chi connectivity index (χ1) is 8.75. The van der Waals surface area contributed by atoms with Crippen LogP contribution in [-0.2, 0) is 0 Å². The number of benzene rings is 1. The summed E-state index contributed by atoms with van der Waals surface area (Å²) >= 11 is 0. The van der Waals surface area contributed by atoms with Gasteiger partial charge in [-0.25, -0.2) is 0 Å². The quantitative estimate of drug-likeness (QED) is 0.592. The van der Waals surface area contributed by atoms with Crippen LogP contribution in [-0.4, -0.2) is 0 Å². The molecule has 19 heavy (non-hydrogen) atoms. The van der Waals surface area contributed by atoms with Crippen molar-refractivity contribution in [1.29, 1.82) is 0 Å². The van der Waals surface area contributed by atoms with Crippen molar-refractivity contribution in [3.05, 3.63) is 65.3 Å². The molecule has 1 rings (SSSR count). The molecule has 0 amide bonds. The first-order valence-electron chi connectivity index (χ1n) is 6.87. The second-order valence-electron chi connectivity index (χ2n) is 6.17. The molecule has 0 aromatic heterocycles. The summed E-state index contributed by atoms with van der Waals surface area (Å²) in [5.74, 6) is 0. The maximum Gasteiger partial charge on any atom is -0.0138 e. The molecule has 0 radical (unpaired) electrons. The summed E-state index contributed by atoms with van der Waals surface area (Å²) in [5, 5.41) is 0. The van der Waals surface area contributed by atoms with Gasteiger partial charge in [0.1, 0.15) is 0 Å². The van der Waals surface area contributed by atoms with Crippen LogP contribution in [0.1, 0.15) is 44.4 Å². The molecule has 0 atom stereocenters. The van der Waals surface area contributed by atoms with Crippen molar-refractivity contribution in [2.75, 3.05) is 0 Å². The highest BCUT2D eigenvalue weighted by Crippen LogP contribution is 2.27. The zero-order valence-electron chi connectivity index (χ0n) is 13.2. The van der Waals surface area contributed by atoms with Crippen molar-refractivity contribution in [3.8, 4) is 0 Å². The summed E-state index contributed by atoms with van der Waals surface area (Å²) in [7, 11) is 0. The number of hydrogen-bond donors (Lipinski definition) is 0. The Labute approximate surface area is 118 Å². The van der Waals surface area contributed by atoms with Crippen LogP contribution in [0.25, 0.3) is 5.57 Å². The molecule has 0 saturated heterocycles. The largest absolute Gasteiger partial charge is 0.0953 e. The van der Waals surface area contributed by atoms with Gasteiger partial charge in [0.25, 0.3) is 0 Å². The second kappa shape index (κ2) is 6.06. The molecule has 0 saturated carbocycles. The summed E-state index contributed by atoms with van der Waals surface area (Å²) in [6, 6.07) is 6.58. The molecule has 1 aromatic rings. The van der Waals surface area contributed by atoms with Crippen LogP contribution in [0.5, 0.6) is 0 Å². The zero-order valence-corrected chi connectivity index (χ0v) is 13.2. The predicted molar refractivity (Wildman–Crippen MR) is 87.3 cm³/mol. The molecule has 1 aromatic carbocycles. The minimum absolute atomic E-state index is 0.122. The Kier molecular flexibility index (Phi) is 4.94. The fourth-order valence-electron chi connectivity index (χ4n) is 1.83. The van der Waals surface area contributed by atoms with Crippen LogP contribution in [0.2, 0.25) is 0 Å². The molecule has 0 aliphatic carbocycles. The van der Waals surface area contributed by atoms with Crippen molar-refractivity contribution in [3.63, 3.8) is 0 Å². The van der Waals surface area contributed by atoms with Crippen LogP contribution in [0.4, 0.5) is 0 Å². The van der Waals surface area contributed by atoms with Crippen molar-refractivity contribution in [2.24, 2.45) is 5.41 Å². The van der Waals surface area contributed by atoms with Crippen molar-refractivity contribution in [2.45, 2.75) is 41.5 Å². The van der Waals surface area contributed by atoms with E-state index in [0.717, 1.165) is 5.57 Å². The third-order valence-electron chi connectivity index (χ3n) is 3.44. The van der Waals surface area contributed by atoms with Crippen molar-refractivity contribution in [1.82, 2.24) is 0 Å². The van der Waals surface area contributed by atoms with Gasteiger partial charge in [0, 0.05) is 0 Å². The summed E-state index contributed by atoms with van der Waals surface area (Å²) < 4.78 is 0. The minimum Gasteiger partial charge on any atom is -0.0953 e. The van der Waals surface area contributed by atoms with Gasteiger partial charge >= 0.3 is 0 Å². The minimum atomic E-state index is 0.122. The van der Waals surface area contributed by atoms with E-state index in [1.54, 1.807) is 0 Å². The summed E-state index contributed by atoms with van der Waals surface area (Å²) in [5.41, 5.74) is 6.44. The highest BCUT2D eigenvalue weighted by molar-refractivity contribution is 5.76. The number of aryl methyl sites for hydroxylation is 2. The lowest BCUT2D eigenvalue weighted by atomic mass is 9.86. The normalized spacial score (nSPS) is 13.1. The molecule has 0 fully saturated rings. The van der Waals surface area contributed by atoms with Gasteiger partial charge in [0.05, 0.1) is 0 Å². The Balaban J connectivity index is 3.07. The van der Waals surface area contributed by atoms with Crippen LogP contribution < -0.4 is 0 Å². The summed E-state index contributed by atoms with van der Waals surface area (Å²) in [4.78, 5) is 0. The first kappa shape index (κ1) is 15.5. The molecule has 0 N–H and O–H groups in total. The number of hydrogen-bond acceptors (Lipinski definition) is 0. The molecule has 0 heterocycles. The molecular weight excluding hydrogens is 228 g/mol. The lowest BCUT2D eigenvalue weighted by Gasteiger charge is -2.19. The third kappa shape index (κ3) is 4.24. The van der Waals surface area contributed by atoms with Gasteiger partial charge in [0.15, 0.2) is 0 Å². The standard InChI is InChI=1S/C19H26/c1-8-17(12-11-16(4)19(5,6)7)18-13-14(2)9-10-15(18)3/h8-13H,4H2,1-3,5-7H3/b12-11-,17-8+. The highest BCUT2D eigenvalue weighted by atomic mass is 14.2. The van der Waals surface area contributed by atoms with Gasteiger partial charge in [0.2, 0.25) is 0 Å². The van der Waals surface area contributed by atoms with E-state index in [1.165, 1.54) is 22.3 Å². The third-order valence-corrected chi connectivity index (χ3v) is 3.44. The van der Waals surface area contributed by atoms with E-state index in [0.29, 0.717) is 0 Å². The molecule has 0 bridgehead atoms. The van der Waals surface area contributed by atoms with Gasteiger partial charge in [-0.05, 0) is 48.5 Å². The monoisotopic (exact) mass is 254 g/mol. The van der Waals surface area contributed by atoms with Gasteiger partial charge in [-0.2, -0.15) is 0 Å². The predicted octanol–water partition coefficient (Wildman–Crippen LogP) is 5.87. The maximum absolute atomic E-state index is 4.15. The van der Waals surface area contributed by atoms with Gasteiger partial charge < -0.3 is 0 Å². The molecule has 0 nitrogen and oxygen atoms in total. The average molecular weight is 254 g/mol. The Hall–Kier alpha value is -1.56. The van der Waals surface area contributed by atoms with E-state index in [1.807, 2.05) is 0 Å². The fourth-order valence-corrected chi connectivity index (χ4v) is 1.83.